The van der Waals surface area contributed by atoms with Crippen LogP contribution in [0.3, 0.4) is 0 Å². The summed E-state index contributed by atoms with van der Waals surface area (Å²) in [5.41, 5.74) is 0. The number of carbonyl (C=O) groups excluding carboxylic acids is 3. The summed E-state index contributed by atoms with van der Waals surface area (Å²) in [7, 11) is 0.695. The van der Waals surface area contributed by atoms with Gasteiger partial charge in [0.15, 0.2) is 0 Å². The molecular formula is C16H24O7Si. The van der Waals surface area contributed by atoms with E-state index < -0.39 is 23.9 Å². The summed E-state index contributed by atoms with van der Waals surface area (Å²) in [6.45, 7) is 10.5. The summed E-state index contributed by atoms with van der Waals surface area (Å²) < 4.78 is 20.1. The van der Waals surface area contributed by atoms with Crippen molar-refractivity contribution in [3.8, 4) is 0 Å². The van der Waals surface area contributed by atoms with Gasteiger partial charge in [-0.3, -0.25) is 0 Å². The molecular weight excluding hydrogens is 332 g/mol. The molecule has 0 aliphatic heterocycles. The minimum absolute atomic E-state index is 0.0204. The maximum absolute atomic E-state index is 11.6. The van der Waals surface area contributed by atoms with E-state index in [9.17, 15) is 14.4 Å². The first-order valence-corrected chi connectivity index (χ1v) is 8.29. The lowest BCUT2D eigenvalue weighted by Gasteiger charge is -2.30. The molecule has 0 rings (SSSR count). The largest absolute Gasteiger partial charge is 0.428 e. The normalized spacial score (nSPS) is 10.5. The summed E-state index contributed by atoms with van der Waals surface area (Å²) in [5, 5.41) is 0. The number of rotatable bonds is 13. The molecule has 134 valence electrons. The minimum Gasteiger partial charge on any atom is -0.428 e. The van der Waals surface area contributed by atoms with E-state index in [4.69, 9.17) is 18.6 Å². The van der Waals surface area contributed by atoms with Crippen LogP contribution in [-0.4, -0.2) is 41.0 Å². The van der Waals surface area contributed by atoms with E-state index in [1.165, 1.54) is 0 Å². The lowest BCUT2D eigenvalue weighted by Crippen LogP contribution is -2.43. The first kappa shape index (κ1) is 21.8. The summed E-state index contributed by atoms with van der Waals surface area (Å²) in [6, 6.07) is 0. The monoisotopic (exact) mass is 356 g/mol. The van der Waals surface area contributed by atoms with Crippen LogP contribution in [-0.2, 0) is 33.0 Å². The molecule has 0 aliphatic carbocycles. The second kappa shape index (κ2) is 12.3. The van der Waals surface area contributed by atoms with Crippen molar-refractivity contribution in [1.82, 2.24) is 0 Å². The van der Waals surface area contributed by atoms with Crippen LogP contribution in [0, 0.1) is 0 Å². The van der Waals surface area contributed by atoms with Crippen molar-refractivity contribution >= 4 is 28.4 Å². The van der Waals surface area contributed by atoms with E-state index in [0.29, 0.717) is 23.5 Å². The molecule has 0 unspecified atom stereocenters. The van der Waals surface area contributed by atoms with Crippen LogP contribution in [0.25, 0.3) is 0 Å². The second-order valence-electron chi connectivity index (χ2n) is 4.72. The van der Waals surface area contributed by atoms with Gasteiger partial charge in [0.2, 0.25) is 0 Å². The van der Waals surface area contributed by atoms with Crippen LogP contribution < -0.4 is 0 Å². The average Bonchev–Trinajstić information content (AvgIpc) is 2.57. The van der Waals surface area contributed by atoms with Gasteiger partial charge in [-0.25, -0.2) is 14.4 Å². The number of unbranched alkanes of at least 4 members (excludes halogenated alkanes) is 3. The average molecular weight is 356 g/mol. The third kappa shape index (κ3) is 9.06. The van der Waals surface area contributed by atoms with Crippen molar-refractivity contribution in [3.05, 3.63) is 38.0 Å². The number of esters is 3. The minimum atomic E-state index is -2.17. The number of ether oxygens (including phenoxy) is 3. The van der Waals surface area contributed by atoms with Gasteiger partial charge in [-0.1, -0.05) is 32.6 Å². The SMILES string of the molecule is C=CC(=O)OC(CCCCCCO[SiH3])(OC(=O)C=C)OC(=O)C=C. The molecule has 8 heteroatoms. The van der Waals surface area contributed by atoms with Crippen LogP contribution in [0.5, 0.6) is 0 Å². The molecule has 0 heterocycles. The van der Waals surface area contributed by atoms with Gasteiger partial charge in [-0.15, -0.1) is 0 Å². The van der Waals surface area contributed by atoms with Gasteiger partial charge >= 0.3 is 23.9 Å². The zero-order valence-corrected chi connectivity index (χ0v) is 16.0. The molecule has 0 N–H and O–H groups in total. The van der Waals surface area contributed by atoms with Gasteiger partial charge in [0.1, 0.15) is 10.5 Å². The standard InChI is InChI=1S/C16H24O7Si/c1-4-13(17)21-16(22-14(18)5-2,23-15(19)6-3)11-9-7-8-10-12-20-24/h4-6H,1-3,7-12H2,24H3. The Labute approximate surface area is 144 Å². The van der Waals surface area contributed by atoms with Crippen LogP contribution in [0.1, 0.15) is 32.1 Å². The Kier molecular flexibility index (Phi) is 11.1. The van der Waals surface area contributed by atoms with Gasteiger partial charge in [0.25, 0.3) is 0 Å². The van der Waals surface area contributed by atoms with Crippen LogP contribution in [0.15, 0.2) is 38.0 Å². The molecule has 0 amide bonds. The molecule has 0 fully saturated rings. The first-order valence-electron chi connectivity index (χ1n) is 7.48. The van der Waals surface area contributed by atoms with Crippen molar-refractivity contribution < 1.29 is 33.0 Å². The van der Waals surface area contributed by atoms with Crippen LogP contribution in [0.2, 0.25) is 0 Å². The lowest BCUT2D eigenvalue weighted by molar-refractivity contribution is -0.327. The molecule has 0 aliphatic rings. The number of hydrogen-bond acceptors (Lipinski definition) is 7. The lowest BCUT2D eigenvalue weighted by atomic mass is 10.1. The maximum Gasteiger partial charge on any atom is 0.424 e. The summed E-state index contributed by atoms with van der Waals surface area (Å²) in [6.07, 6.45) is 5.60. The molecule has 0 aromatic heterocycles. The summed E-state index contributed by atoms with van der Waals surface area (Å²) in [5.74, 6) is -4.86. The molecule has 7 nitrogen and oxygen atoms in total. The third-order valence-electron chi connectivity index (χ3n) is 2.85. The van der Waals surface area contributed by atoms with Crippen molar-refractivity contribution in [2.75, 3.05) is 6.61 Å². The molecule has 0 saturated heterocycles. The molecule has 0 aromatic carbocycles. The Morgan fingerprint density at radius 1 is 0.792 bits per heavy atom. The number of hydrogen-bond donors (Lipinski definition) is 0. The number of carbonyl (C=O) groups is 3. The van der Waals surface area contributed by atoms with Gasteiger partial charge < -0.3 is 18.6 Å². The highest BCUT2D eigenvalue weighted by atomic mass is 28.2. The van der Waals surface area contributed by atoms with Crippen LogP contribution in [0.4, 0.5) is 0 Å². The van der Waals surface area contributed by atoms with Gasteiger partial charge in [0, 0.05) is 24.8 Å². The van der Waals surface area contributed by atoms with E-state index in [-0.39, 0.29) is 6.42 Å². The van der Waals surface area contributed by atoms with Crippen molar-refractivity contribution in [2.45, 2.75) is 38.1 Å². The highest BCUT2D eigenvalue weighted by Crippen LogP contribution is 2.25. The molecule has 0 radical (unpaired) electrons. The van der Waals surface area contributed by atoms with E-state index in [1.807, 2.05) is 0 Å². The Morgan fingerprint density at radius 3 is 1.58 bits per heavy atom. The highest BCUT2D eigenvalue weighted by molar-refractivity contribution is 5.97. The van der Waals surface area contributed by atoms with E-state index in [0.717, 1.165) is 37.5 Å². The van der Waals surface area contributed by atoms with Gasteiger partial charge in [-0.2, -0.15) is 0 Å². The molecule has 0 spiro atoms. The second-order valence-corrected chi connectivity index (χ2v) is 5.29. The Hall–Kier alpha value is -2.19. The molecule has 0 atom stereocenters. The van der Waals surface area contributed by atoms with E-state index >= 15 is 0 Å². The van der Waals surface area contributed by atoms with Crippen molar-refractivity contribution in [2.24, 2.45) is 0 Å². The Bertz CT molecular complexity index is 418. The molecule has 0 saturated carbocycles. The zero-order valence-electron chi connectivity index (χ0n) is 14.0. The molecule has 0 aromatic rings. The van der Waals surface area contributed by atoms with Crippen molar-refractivity contribution in [1.29, 1.82) is 0 Å². The zero-order chi connectivity index (χ0) is 18.4. The fourth-order valence-electron chi connectivity index (χ4n) is 1.74. The topological polar surface area (TPSA) is 88.1 Å². The first-order chi connectivity index (χ1) is 11.4. The van der Waals surface area contributed by atoms with E-state index in [2.05, 4.69) is 19.7 Å². The highest BCUT2D eigenvalue weighted by Gasteiger charge is 2.42. The summed E-state index contributed by atoms with van der Waals surface area (Å²) in [4.78, 5) is 34.7. The van der Waals surface area contributed by atoms with Crippen molar-refractivity contribution in [3.63, 3.8) is 0 Å². The third-order valence-corrected chi connectivity index (χ3v) is 3.26. The van der Waals surface area contributed by atoms with Crippen LogP contribution >= 0.6 is 0 Å². The Morgan fingerprint density at radius 2 is 1.21 bits per heavy atom. The molecule has 0 bridgehead atoms. The van der Waals surface area contributed by atoms with Gasteiger partial charge in [-0.05, 0) is 12.8 Å². The Balaban J connectivity index is 5.06. The fraction of sp³-hybridized carbons (Fsp3) is 0.438. The smallest absolute Gasteiger partial charge is 0.424 e. The van der Waals surface area contributed by atoms with Gasteiger partial charge in [0.05, 0.1) is 6.42 Å². The predicted molar refractivity (Wildman–Crippen MR) is 90.6 cm³/mol. The summed E-state index contributed by atoms with van der Waals surface area (Å²) >= 11 is 0. The molecule has 24 heavy (non-hydrogen) atoms. The van der Waals surface area contributed by atoms with E-state index in [1.54, 1.807) is 0 Å². The maximum atomic E-state index is 11.6. The fourth-order valence-corrected chi connectivity index (χ4v) is 2.03. The predicted octanol–water partition coefficient (Wildman–Crippen LogP) is 1.08. The quantitative estimate of drug-likeness (QED) is 0.160.